The minimum Gasteiger partial charge on any atom is -0.349 e. The number of carbonyl (C=O) groups excluding carboxylic acids is 2. The van der Waals surface area contributed by atoms with E-state index in [2.05, 4.69) is 10.2 Å². The zero-order valence-electron chi connectivity index (χ0n) is 18.7. The van der Waals surface area contributed by atoms with Crippen LogP contribution in [-0.2, 0) is 4.79 Å². The predicted octanol–water partition coefficient (Wildman–Crippen LogP) is 4.95. The van der Waals surface area contributed by atoms with E-state index in [1.807, 2.05) is 0 Å². The molecule has 2 aliphatic rings. The SMILES string of the molecule is O=C(CC(F)(F)F)N[C@@H](CCN1CC2=CN(C(=O)c3c(F)cccc3Cl)CC2C1)c1ccccc1. The van der Waals surface area contributed by atoms with Gasteiger partial charge in [0.1, 0.15) is 12.2 Å². The molecule has 0 bridgehead atoms. The molecule has 35 heavy (non-hydrogen) atoms. The highest BCUT2D eigenvalue weighted by Crippen LogP contribution is 2.32. The van der Waals surface area contributed by atoms with Crippen molar-refractivity contribution in [1.29, 1.82) is 0 Å². The molecule has 2 heterocycles. The maximum atomic E-state index is 14.2. The molecule has 2 amide bonds. The normalized spacial score (nSPS) is 18.8. The van der Waals surface area contributed by atoms with Crippen LogP contribution in [0.3, 0.4) is 0 Å². The Kier molecular flexibility index (Phi) is 7.47. The van der Waals surface area contributed by atoms with E-state index >= 15 is 0 Å². The van der Waals surface area contributed by atoms with E-state index in [9.17, 15) is 27.2 Å². The van der Waals surface area contributed by atoms with Crippen LogP contribution in [0.1, 0.15) is 34.8 Å². The first-order valence-corrected chi connectivity index (χ1v) is 11.6. The third kappa shape index (κ3) is 6.21. The van der Waals surface area contributed by atoms with Gasteiger partial charge in [-0.1, -0.05) is 48.0 Å². The number of halogens is 5. The molecule has 1 N–H and O–H groups in total. The van der Waals surface area contributed by atoms with Crippen molar-refractivity contribution in [3.63, 3.8) is 0 Å². The first kappa shape index (κ1) is 25.2. The molecular weight excluding hydrogens is 486 g/mol. The van der Waals surface area contributed by atoms with Gasteiger partial charge in [-0.3, -0.25) is 14.5 Å². The van der Waals surface area contributed by atoms with Crippen molar-refractivity contribution in [3.8, 4) is 0 Å². The smallest absolute Gasteiger partial charge is 0.349 e. The molecule has 0 radical (unpaired) electrons. The lowest BCUT2D eigenvalue weighted by molar-refractivity contribution is -0.154. The summed E-state index contributed by atoms with van der Waals surface area (Å²) in [4.78, 5) is 28.4. The highest BCUT2D eigenvalue weighted by molar-refractivity contribution is 6.33. The number of hydrogen-bond donors (Lipinski definition) is 1. The van der Waals surface area contributed by atoms with Crippen LogP contribution in [0.4, 0.5) is 17.6 Å². The molecule has 2 aromatic rings. The largest absolute Gasteiger partial charge is 0.397 e. The van der Waals surface area contributed by atoms with Crippen LogP contribution in [-0.4, -0.2) is 54.0 Å². The number of hydrogen-bond acceptors (Lipinski definition) is 3. The van der Waals surface area contributed by atoms with Crippen molar-refractivity contribution in [2.24, 2.45) is 5.92 Å². The van der Waals surface area contributed by atoms with Gasteiger partial charge in [-0.15, -0.1) is 0 Å². The van der Waals surface area contributed by atoms with E-state index in [1.165, 1.54) is 23.1 Å². The van der Waals surface area contributed by atoms with E-state index in [1.54, 1.807) is 36.5 Å². The average Bonchev–Trinajstić information content (AvgIpc) is 3.35. The summed E-state index contributed by atoms with van der Waals surface area (Å²) in [6, 6.07) is 12.5. The number of rotatable bonds is 7. The van der Waals surface area contributed by atoms with Crippen molar-refractivity contribution in [2.45, 2.75) is 25.1 Å². The maximum Gasteiger partial charge on any atom is 0.397 e. The molecule has 5 nitrogen and oxygen atoms in total. The van der Waals surface area contributed by atoms with Gasteiger partial charge in [0.25, 0.3) is 5.91 Å². The number of carbonyl (C=O) groups is 2. The average molecular weight is 510 g/mol. The number of likely N-dealkylation sites (tertiary alicyclic amines) is 1. The van der Waals surface area contributed by atoms with Crippen LogP contribution in [0.2, 0.25) is 5.02 Å². The minimum atomic E-state index is -4.57. The van der Waals surface area contributed by atoms with Crippen molar-refractivity contribution in [3.05, 3.63) is 82.3 Å². The molecule has 0 aliphatic carbocycles. The van der Waals surface area contributed by atoms with Crippen molar-refractivity contribution in [2.75, 3.05) is 26.2 Å². The molecule has 186 valence electrons. The number of benzene rings is 2. The molecule has 4 rings (SSSR count). The van der Waals surface area contributed by atoms with Gasteiger partial charge in [0.05, 0.1) is 16.6 Å². The second-order valence-corrected chi connectivity index (χ2v) is 9.21. The molecule has 0 saturated carbocycles. The Morgan fingerprint density at radius 3 is 2.49 bits per heavy atom. The van der Waals surface area contributed by atoms with Crippen LogP contribution >= 0.6 is 11.6 Å². The van der Waals surface area contributed by atoms with Gasteiger partial charge in [0, 0.05) is 38.3 Å². The lowest BCUT2D eigenvalue weighted by atomic mass is 10.0. The zero-order chi connectivity index (χ0) is 25.2. The fourth-order valence-electron chi connectivity index (χ4n) is 4.60. The summed E-state index contributed by atoms with van der Waals surface area (Å²) in [5.74, 6) is -2.13. The summed E-state index contributed by atoms with van der Waals surface area (Å²) in [6.07, 6.45) is -3.93. The number of amides is 2. The number of fused-ring (bicyclic) bond motifs is 1. The molecule has 10 heteroatoms. The fourth-order valence-corrected chi connectivity index (χ4v) is 4.84. The van der Waals surface area contributed by atoms with Crippen LogP contribution in [0.15, 0.2) is 60.3 Å². The van der Waals surface area contributed by atoms with Gasteiger partial charge in [0.15, 0.2) is 0 Å². The van der Waals surface area contributed by atoms with E-state index in [0.29, 0.717) is 32.6 Å². The van der Waals surface area contributed by atoms with Crippen LogP contribution in [0.5, 0.6) is 0 Å². The monoisotopic (exact) mass is 509 g/mol. The molecule has 0 spiro atoms. The summed E-state index contributed by atoms with van der Waals surface area (Å²) in [5, 5.41) is 2.58. The third-order valence-corrected chi connectivity index (χ3v) is 6.53. The van der Waals surface area contributed by atoms with E-state index in [4.69, 9.17) is 11.6 Å². The maximum absolute atomic E-state index is 14.2. The van der Waals surface area contributed by atoms with Crippen molar-refractivity contribution in [1.82, 2.24) is 15.1 Å². The van der Waals surface area contributed by atoms with Crippen LogP contribution in [0, 0.1) is 11.7 Å². The third-order valence-electron chi connectivity index (χ3n) is 6.22. The first-order chi connectivity index (χ1) is 16.6. The summed E-state index contributed by atoms with van der Waals surface area (Å²) < 4.78 is 52.0. The summed E-state index contributed by atoms with van der Waals surface area (Å²) in [6.45, 7) is 2.18. The minimum absolute atomic E-state index is 0.0617. The number of alkyl halides is 3. The summed E-state index contributed by atoms with van der Waals surface area (Å²) in [5.41, 5.74) is 1.62. The Labute approximate surface area is 205 Å². The Hall–Kier alpha value is -2.91. The van der Waals surface area contributed by atoms with Crippen LogP contribution in [0.25, 0.3) is 0 Å². The summed E-state index contributed by atoms with van der Waals surface area (Å²) >= 11 is 6.03. The highest BCUT2D eigenvalue weighted by atomic mass is 35.5. The van der Waals surface area contributed by atoms with Gasteiger partial charge in [-0.05, 0) is 29.7 Å². The zero-order valence-corrected chi connectivity index (χ0v) is 19.5. The topological polar surface area (TPSA) is 52.7 Å². The van der Waals surface area contributed by atoms with E-state index < -0.39 is 36.3 Å². The van der Waals surface area contributed by atoms with Crippen LogP contribution < -0.4 is 5.32 Å². The molecular formula is C25H24ClF4N3O2. The standard InChI is InChI=1S/C25H24ClF4N3O2/c26-19-7-4-8-20(27)23(19)24(35)33-14-17-12-32(13-18(17)15-33)10-9-21(16-5-2-1-3-6-16)31-22(34)11-25(28,29)30/h1-8,14,18,21H,9-13,15H2,(H,31,34)/t18?,21-/m0/s1. The Morgan fingerprint density at radius 1 is 1.09 bits per heavy atom. The molecule has 2 atom stereocenters. The predicted molar refractivity (Wildman–Crippen MR) is 123 cm³/mol. The highest BCUT2D eigenvalue weighted by Gasteiger charge is 2.37. The quantitative estimate of drug-likeness (QED) is 0.537. The van der Waals surface area contributed by atoms with Gasteiger partial charge in [0.2, 0.25) is 5.91 Å². The second-order valence-electron chi connectivity index (χ2n) is 8.80. The van der Waals surface area contributed by atoms with E-state index in [0.717, 1.165) is 11.1 Å². The van der Waals surface area contributed by atoms with E-state index in [-0.39, 0.29) is 16.5 Å². The Bertz CT molecular complexity index is 1100. The number of nitrogens with one attached hydrogen (secondary N) is 1. The lowest BCUT2D eigenvalue weighted by Gasteiger charge is -2.24. The van der Waals surface area contributed by atoms with Crippen molar-refractivity contribution < 1.29 is 27.2 Å². The molecule has 0 aromatic heterocycles. The molecule has 2 aliphatic heterocycles. The molecule has 1 fully saturated rings. The fraction of sp³-hybridized carbons (Fsp3) is 0.360. The lowest BCUT2D eigenvalue weighted by Crippen LogP contribution is -2.35. The molecule has 1 saturated heterocycles. The number of nitrogens with zero attached hydrogens (tertiary/aromatic N) is 2. The first-order valence-electron chi connectivity index (χ1n) is 11.2. The van der Waals surface area contributed by atoms with Gasteiger partial charge < -0.3 is 10.2 Å². The van der Waals surface area contributed by atoms with Gasteiger partial charge in [-0.2, -0.15) is 13.2 Å². The second kappa shape index (κ2) is 10.4. The van der Waals surface area contributed by atoms with Gasteiger partial charge >= 0.3 is 6.18 Å². The van der Waals surface area contributed by atoms with Gasteiger partial charge in [-0.25, -0.2) is 4.39 Å². The summed E-state index contributed by atoms with van der Waals surface area (Å²) in [7, 11) is 0. The molecule has 2 aromatic carbocycles. The van der Waals surface area contributed by atoms with Crippen molar-refractivity contribution >= 4 is 23.4 Å². The Morgan fingerprint density at radius 2 is 1.83 bits per heavy atom. The molecule has 1 unspecified atom stereocenters. The Balaban J connectivity index is 1.37.